The predicted octanol–water partition coefficient (Wildman–Crippen LogP) is 3.10. The lowest BCUT2D eigenvalue weighted by molar-refractivity contribution is -0.120. The summed E-state index contributed by atoms with van der Waals surface area (Å²) in [6.45, 7) is 0.577. The number of hydrogen-bond donors (Lipinski definition) is 1. The number of nitrogens with zero attached hydrogens (tertiary/aromatic N) is 1. The van der Waals surface area contributed by atoms with Gasteiger partial charge in [-0.3, -0.25) is 4.79 Å². The van der Waals surface area contributed by atoms with Crippen LogP contribution in [0.25, 0.3) is 0 Å². The summed E-state index contributed by atoms with van der Waals surface area (Å²) in [6.07, 6.45) is 1.53. The number of carbonyl (C=O) groups is 1. The Morgan fingerprint density at radius 1 is 1.24 bits per heavy atom. The molecule has 1 fully saturated rings. The van der Waals surface area contributed by atoms with Crippen molar-refractivity contribution < 1.29 is 4.79 Å². The maximum Gasteiger partial charge on any atom is 0.243 e. The van der Waals surface area contributed by atoms with Gasteiger partial charge in [0.25, 0.3) is 0 Å². The number of hydrogen-bond acceptors (Lipinski definition) is 2. The number of benzene rings is 1. The van der Waals surface area contributed by atoms with E-state index in [1.54, 1.807) is 12.1 Å². The van der Waals surface area contributed by atoms with Crippen LogP contribution in [0.5, 0.6) is 0 Å². The normalized spacial score (nSPS) is 20.8. The van der Waals surface area contributed by atoms with Crippen LogP contribution in [0.15, 0.2) is 12.1 Å². The Balaban J connectivity index is 2.43. The van der Waals surface area contributed by atoms with Gasteiger partial charge in [-0.2, -0.15) is 0 Å². The van der Waals surface area contributed by atoms with E-state index in [4.69, 9.17) is 40.5 Å². The lowest BCUT2D eigenvalue weighted by Gasteiger charge is -2.31. The minimum absolute atomic E-state index is 0.151. The molecule has 1 heterocycles. The summed E-state index contributed by atoms with van der Waals surface area (Å²) in [7, 11) is 0. The Morgan fingerprint density at radius 2 is 1.82 bits per heavy atom. The van der Waals surface area contributed by atoms with Crippen LogP contribution in [0.2, 0.25) is 15.1 Å². The van der Waals surface area contributed by atoms with Crippen molar-refractivity contribution in [1.29, 1.82) is 0 Å². The van der Waals surface area contributed by atoms with E-state index < -0.39 is 6.04 Å². The van der Waals surface area contributed by atoms with Gasteiger partial charge in [-0.15, -0.1) is 0 Å². The number of piperidine rings is 1. The fourth-order valence-electron chi connectivity index (χ4n) is 1.92. The van der Waals surface area contributed by atoms with E-state index in [0.29, 0.717) is 33.7 Å². The Hall–Kier alpha value is -0.480. The van der Waals surface area contributed by atoms with Gasteiger partial charge in [0.15, 0.2) is 0 Å². The minimum Gasteiger partial charge on any atom is -0.320 e. The van der Waals surface area contributed by atoms with Crippen LogP contribution < -0.4 is 10.6 Å². The number of halogens is 3. The summed E-state index contributed by atoms with van der Waals surface area (Å²) < 4.78 is 0. The van der Waals surface area contributed by atoms with Crippen molar-refractivity contribution in [3.63, 3.8) is 0 Å². The number of nitrogens with two attached hydrogens (primary N) is 1. The van der Waals surface area contributed by atoms with Gasteiger partial charge in [0.2, 0.25) is 5.91 Å². The van der Waals surface area contributed by atoms with Gasteiger partial charge >= 0.3 is 0 Å². The van der Waals surface area contributed by atoms with Crippen LogP contribution in [0.1, 0.15) is 12.8 Å². The number of carbonyl (C=O) groups excluding carboxylic acids is 1. The molecule has 1 unspecified atom stereocenters. The largest absolute Gasteiger partial charge is 0.320 e. The molecule has 0 aliphatic carbocycles. The van der Waals surface area contributed by atoms with Gasteiger partial charge in [0, 0.05) is 11.6 Å². The maximum atomic E-state index is 12.0. The quantitative estimate of drug-likeness (QED) is 0.865. The van der Waals surface area contributed by atoms with Gasteiger partial charge in [-0.25, -0.2) is 0 Å². The second-order valence-corrected chi connectivity index (χ2v) is 5.21. The first kappa shape index (κ1) is 13.0. The van der Waals surface area contributed by atoms with E-state index in [1.807, 2.05) is 0 Å². The molecule has 0 bridgehead atoms. The van der Waals surface area contributed by atoms with Crippen molar-refractivity contribution in [2.24, 2.45) is 5.73 Å². The number of anilines is 1. The monoisotopic (exact) mass is 292 g/mol. The molecule has 0 aromatic heterocycles. The van der Waals surface area contributed by atoms with Crippen LogP contribution in [0.4, 0.5) is 5.69 Å². The van der Waals surface area contributed by atoms with E-state index in [0.717, 1.165) is 6.42 Å². The van der Waals surface area contributed by atoms with E-state index >= 15 is 0 Å². The Morgan fingerprint density at radius 3 is 2.41 bits per heavy atom. The molecule has 3 nitrogen and oxygen atoms in total. The summed E-state index contributed by atoms with van der Waals surface area (Å²) in [5, 5.41) is 1.17. The number of rotatable bonds is 1. The molecule has 17 heavy (non-hydrogen) atoms. The zero-order chi connectivity index (χ0) is 12.6. The molecule has 1 atom stereocenters. The van der Waals surface area contributed by atoms with Crippen molar-refractivity contribution in [1.82, 2.24) is 0 Å². The van der Waals surface area contributed by atoms with Crippen molar-refractivity contribution in [2.45, 2.75) is 18.9 Å². The van der Waals surface area contributed by atoms with Crippen LogP contribution in [0.3, 0.4) is 0 Å². The summed E-state index contributed by atoms with van der Waals surface area (Å²) in [5.74, 6) is -0.151. The highest BCUT2D eigenvalue weighted by Crippen LogP contribution is 2.37. The molecule has 0 radical (unpaired) electrons. The van der Waals surface area contributed by atoms with Gasteiger partial charge in [-0.1, -0.05) is 34.8 Å². The maximum absolute atomic E-state index is 12.0. The van der Waals surface area contributed by atoms with Gasteiger partial charge in [0.05, 0.1) is 21.8 Å². The molecule has 1 aromatic rings. The van der Waals surface area contributed by atoms with Crippen LogP contribution in [-0.2, 0) is 4.79 Å². The third kappa shape index (κ3) is 2.52. The summed E-state index contributed by atoms with van der Waals surface area (Å²) in [5.41, 5.74) is 6.23. The van der Waals surface area contributed by atoms with Crippen LogP contribution in [-0.4, -0.2) is 18.5 Å². The molecule has 1 saturated heterocycles. The van der Waals surface area contributed by atoms with Crippen LogP contribution in [0, 0.1) is 0 Å². The van der Waals surface area contributed by atoms with Crippen molar-refractivity contribution in [2.75, 3.05) is 11.4 Å². The van der Waals surface area contributed by atoms with E-state index in [-0.39, 0.29) is 5.91 Å². The van der Waals surface area contributed by atoms with E-state index in [2.05, 4.69) is 0 Å². The first-order valence-corrected chi connectivity index (χ1v) is 6.35. The predicted molar refractivity (Wildman–Crippen MR) is 71.0 cm³/mol. The fraction of sp³-hybridized carbons (Fsp3) is 0.364. The summed E-state index contributed by atoms with van der Waals surface area (Å²) in [6, 6.07) is 2.65. The summed E-state index contributed by atoms with van der Waals surface area (Å²) in [4.78, 5) is 13.5. The Kier molecular flexibility index (Phi) is 3.83. The van der Waals surface area contributed by atoms with Gasteiger partial charge < -0.3 is 10.6 Å². The molecule has 1 amide bonds. The highest BCUT2D eigenvalue weighted by Gasteiger charge is 2.29. The molecule has 92 valence electrons. The standard InChI is InChI=1S/C11H11Cl3N2O/c12-6-4-7(13)10(8(14)5-6)16-3-1-2-9(15)11(16)17/h4-5,9H,1-3,15H2. The Bertz CT molecular complexity index is 441. The molecule has 2 N–H and O–H groups in total. The second-order valence-electron chi connectivity index (χ2n) is 3.96. The van der Waals surface area contributed by atoms with E-state index in [9.17, 15) is 4.79 Å². The van der Waals surface area contributed by atoms with Crippen molar-refractivity contribution in [3.05, 3.63) is 27.2 Å². The molecule has 0 saturated carbocycles. The lowest BCUT2D eigenvalue weighted by atomic mass is 10.0. The fourth-order valence-corrected chi connectivity index (χ4v) is 2.94. The minimum atomic E-state index is -0.480. The lowest BCUT2D eigenvalue weighted by Crippen LogP contribution is -2.48. The molecular weight excluding hydrogens is 282 g/mol. The highest BCUT2D eigenvalue weighted by molar-refractivity contribution is 6.42. The molecular formula is C11H11Cl3N2O. The van der Waals surface area contributed by atoms with Gasteiger partial charge in [-0.05, 0) is 25.0 Å². The molecule has 6 heteroatoms. The smallest absolute Gasteiger partial charge is 0.243 e. The average molecular weight is 294 g/mol. The molecule has 1 aliphatic heterocycles. The third-order valence-corrected chi connectivity index (χ3v) is 3.53. The topological polar surface area (TPSA) is 46.3 Å². The number of amides is 1. The molecule has 2 rings (SSSR count). The van der Waals surface area contributed by atoms with Gasteiger partial charge in [0.1, 0.15) is 0 Å². The average Bonchev–Trinajstić information content (AvgIpc) is 2.23. The van der Waals surface area contributed by atoms with Crippen LogP contribution >= 0.6 is 34.8 Å². The highest BCUT2D eigenvalue weighted by atomic mass is 35.5. The van der Waals surface area contributed by atoms with Crippen molar-refractivity contribution >= 4 is 46.4 Å². The molecule has 1 aliphatic rings. The zero-order valence-electron chi connectivity index (χ0n) is 8.92. The zero-order valence-corrected chi connectivity index (χ0v) is 11.2. The first-order chi connectivity index (χ1) is 8.00. The summed E-state index contributed by atoms with van der Waals surface area (Å²) >= 11 is 18.0. The molecule has 0 spiro atoms. The molecule has 1 aromatic carbocycles. The van der Waals surface area contributed by atoms with Crippen molar-refractivity contribution in [3.8, 4) is 0 Å². The second kappa shape index (κ2) is 5.02. The Labute approximate surface area is 114 Å². The first-order valence-electron chi connectivity index (χ1n) is 5.22. The third-order valence-electron chi connectivity index (χ3n) is 2.73. The SMILES string of the molecule is NC1CCCN(c2c(Cl)cc(Cl)cc2Cl)C1=O. The van der Waals surface area contributed by atoms with E-state index in [1.165, 1.54) is 4.90 Å².